The minimum atomic E-state index is -4.30. The summed E-state index contributed by atoms with van der Waals surface area (Å²) in [7, 11) is -4.30. The standard InChI is InChI=1S/C34H42FN3O5S/c1-4-32(34(40)36-28-12-7-6-8-13-28)37(23-26-11-9-10-25(3)22-26)33(39)24-38(29-16-18-30(19-17-29)43-5-2)44(41,42)31-20-14-27(35)15-21-31/h9-11,14-22,28,32H,4-8,12-13,23-24H2,1-3H3,(H,36,40)/t32-/m1/s1. The molecule has 0 aromatic heterocycles. The van der Waals surface area contributed by atoms with Crippen molar-refractivity contribution in [3.8, 4) is 5.75 Å². The maximum Gasteiger partial charge on any atom is 0.264 e. The number of sulfonamides is 1. The van der Waals surface area contributed by atoms with Crippen molar-refractivity contribution in [3.05, 3.63) is 89.7 Å². The van der Waals surface area contributed by atoms with Crippen molar-refractivity contribution in [3.63, 3.8) is 0 Å². The second-order valence-corrected chi connectivity index (χ2v) is 13.0. The van der Waals surface area contributed by atoms with Crippen LogP contribution in [-0.4, -0.2) is 50.4 Å². The normalized spacial score (nSPS) is 14.5. The highest BCUT2D eigenvalue weighted by molar-refractivity contribution is 7.92. The van der Waals surface area contributed by atoms with Crippen LogP contribution in [0.3, 0.4) is 0 Å². The molecule has 0 bridgehead atoms. The molecule has 3 aromatic carbocycles. The van der Waals surface area contributed by atoms with Crippen LogP contribution in [0, 0.1) is 12.7 Å². The fourth-order valence-electron chi connectivity index (χ4n) is 5.61. The molecule has 10 heteroatoms. The van der Waals surface area contributed by atoms with Crippen LogP contribution in [0.4, 0.5) is 10.1 Å². The maximum atomic E-state index is 14.3. The molecule has 1 fully saturated rings. The number of hydrogen-bond acceptors (Lipinski definition) is 5. The second kappa shape index (κ2) is 15.2. The van der Waals surface area contributed by atoms with E-state index in [1.165, 1.54) is 17.0 Å². The average molecular weight is 624 g/mol. The predicted molar refractivity (Wildman–Crippen MR) is 169 cm³/mol. The quantitative estimate of drug-likeness (QED) is 0.253. The summed E-state index contributed by atoms with van der Waals surface area (Å²) in [6.07, 6.45) is 5.39. The Bertz CT molecular complexity index is 1510. The van der Waals surface area contributed by atoms with E-state index in [9.17, 15) is 22.4 Å². The summed E-state index contributed by atoms with van der Waals surface area (Å²) in [4.78, 5) is 29.3. The first-order valence-electron chi connectivity index (χ1n) is 15.3. The fourth-order valence-corrected chi connectivity index (χ4v) is 7.02. The third kappa shape index (κ3) is 8.37. The Morgan fingerprint density at radius 1 is 0.977 bits per heavy atom. The lowest BCUT2D eigenvalue weighted by Gasteiger charge is -2.34. The molecular formula is C34H42FN3O5S. The highest BCUT2D eigenvalue weighted by Gasteiger charge is 2.34. The van der Waals surface area contributed by atoms with Crippen LogP contribution in [0.5, 0.6) is 5.75 Å². The third-order valence-corrected chi connectivity index (χ3v) is 9.68. The number of anilines is 1. The van der Waals surface area contributed by atoms with Crippen molar-refractivity contribution >= 4 is 27.5 Å². The molecule has 0 heterocycles. The first-order chi connectivity index (χ1) is 21.1. The van der Waals surface area contributed by atoms with E-state index >= 15 is 0 Å². The molecule has 0 unspecified atom stereocenters. The molecule has 2 amide bonds. The van der Waals surface area contributed by atoms with Gasteiger partial charge in [-0.15, -0.1) is 0 Å². The fraction of sp³-hybridized carbons (Fsp3) is 0.412. The van der Waals surface area contributed by atoms with Gasteiger partial charge in [0, 0.05) is 12.6 Å². The summed E-state index contributed by atoms with van der Waals surface area (Å²) in [6.45, 7) is 5.64. The number of carbonyl (C=O) groups is 2. The number of rotatable bonds is 13. The van der Waals surface area contributed by atoms with Gasteiger partial charge in [-0.25, -0.2) is 12.8 Å². The number of nitrogens with zero attached hydrogens (tertiary/aromatic N) is 2. The molecule has 236 valence electrons. The number of benzene rings is 3. The van der Waals surface area contributed by atoms with E-state index in [0.29, 0.717) is 18.8 Å². The van der Waals surface area contributed by atoms with E-state index < -0.39 is 34.3 Å². The highest BCUT2D eigenvalue weighted by Crippen LogP contribution is 2.27. The minimum Gasteiger partial charge on any atom is -0.494 e. The number of amides is 2. The van der Waals surface area contributed by atoms with E-state index in [1.54, 1.807) is 24.3 Å². The summed E-state index contributed by atoms with van der Waals surface area (Å²) in [5, 5.41) is 3.15. The SMILES string of the molecule is CCOc1ccc(N(CC(=O)N(Cc2cccc(C)c2)[C@H](CC)C(=O)NC2CCCCC2)S(=O)(=O)c2ccc(F)cc2)cc1. The Labute approximate surface area is 260 Å². The molecule has 0 radical (unpaired) electrons. The first-order valence-corrected chi connectivity index (χ1v) is 16.7. The Balaban J connectivity index is 1.71. The van der Waals surface area contributed by atoms with E-state index in [4.69, 9.17) is 4.74 Å². The van der Waals surface area contributed by atoms with Gasteiger partial charge < -0.3 is 15.0 Å². The molecule has 0 aliphatic heterocycles. The Morgan fingerprint density at radius 3 is 2.27 bits per heavy atom. The van der Waals surface area contributed by atoms with Gasteiger partial charge in [-0.3, -0.25) is 13.9 Å². The molecule has 3 aromatic rings. The van der Waals surface area contributed by atoms with Crippen LogP contribution in [0.15, 0.2) is 77.7 Å². The first kappa shape index (κ1) is 33.0. The summed E-state index contributed by atoms with van der Waals surface area (Å²) >= 11 is 0. The van der Waals surface area contributed by atoms with Crippen molar-refractivity contribution < 1.29 is 27.1 Å². The highest BCUT2D eigenvalue weighted by atomic mass is 32.2. The van der Waals surface area contributed by atoms with Gasteiger partial charge in [0.05, 0.1) is 17.2 Å². The molecule has 1 atom stereocenters. The van der Waals surface area contributed by atoms with Crippen molar-refractivity contribution in [2.45, 2.75) is 82.8 Å². The second-order valence-electron chi connectivity index (χ2n) is 11.2. The largest absolute Gasteiger partial charge is 0.494 e. The van der Waals surface area contributed by atoms with E-state index in [0.717, 1.165) is 59.7 Å². The zero-order chi connectivity index (χ0) is 31.7. The summed E-state index contributed by atoms with van der Waals surface area (Å²) in [5.41, 5.74) is 2.07. The lowest BCUT2D eigenvalue weighted by Crippen LogP contribution is -2.54. The van der Waals surface area contributed by atoms with E-state index in [-0.39, 0.29) is 29.1 Å². The van der Waals surface area contributed by atoms with Crippen LogP contribution < -0.4 is 14.4 Å². The number of hydrogen-bond donors (Lipinski definition) is 1. The van der Waals surface area contributed by atoms with Gasteiger partial charge in [0.25, 0.3) is 10.0 Å². The molecule has 1 saturated carbocycles. The van der Waals surface area contributed by atoms with Crippen LogP contribution in [0.25, 0.3) is 0 Å². The van der Waals surface area contributed by atoms with Gasteiger partial charge in [-0.05, 0) is 87.2 Å². The van der Waals surface area contributed by atoms with Crippen molar-refractivity contribution in [2.75, 3.05) is 17.5 Å². The molecular weight excluding hydrogens is 581 g/mol. The van der Waals surface area contributed by atoms with Crippen LogP contribution >= 0.6 is 0 Å². The van der Waals surface area contributed by atoms with Crippen molar-refractivity contribution in [1.82, 2.24) is 10.2 Å². The number of carbonyl (C=O) groups excluding carboxylic acids is 2. The van der Waals surface area contributed by atoms with Crippen LogP contribution in [-0.2, 0) is 26.2 Å². The third-order valence-electron chi connectivity index (χ3n) is 7.89. The van der Waals surface area contributed by atoms with Gasteiger partial charge in [0.1, 0.15) is 24.2 Å². The van der Waals surface area contributed by atoms with Crippen LogP contribution in [0.2, 0.25) is 0 Å². The van der Waals surface area contributed by atoms with Gasteiger partial charge in [-0.2, -0.15) is 0 Å². The molecule has 44 heavy (non-hydrogen) atoms. The Kier molecular flexibility index (Phi) is 11.4. The number of aryl methyl sites for hydroxylation is 1. The lowest BCUT2D eigenvalue weighted by molar-refractivity contribution is -0.140. The molecule has 0 spiro atoms. The predicted octanol–water partition coefficient (Wildman–Crippen LogP) is 5.98. The van der Waals surface area contributed by atoms with E-state index in [2.05, 4.69) is 5.32 Å². The number of halogens is 1. The minimum absolute atomic E-state index is 0.0560. The van der Waals surface area contributed by atoms with Gasteiger partial charge in [0.15, 0.2) is 0 Å². The summed E-state index contributed by atoms with van der Waals surface area (Å²) in [5.74, 6) is -0.800. The summed E-state index contributed by atoms with van der Waals surface area (Å²) < 4.78 is 48.2. The van der Waals surface area contributed by atoms with Gasteiger partial charge in [0.2, 0.25) is 11.8 Å². The Hall–Kier alpha value is -3.92. The lowest BCUT2D eigenvalue weighted by atomic mass is 9.95. The number of nitrogens with one attached hydrogen (secondary N) is 1. The molecule has 0 saturated heterocycles. The van der Waals surface area contributed by atoms with Crippen molar-refractivity contribution in [2.24, 2.45) is 0 Å². The van der Waals surface area contributed by atoms with Crippen LogP contribution in [0.1, 0.15) is 63.5 Å². The van der Waals surface area contributed by atoms with Gasteiger partial charge in [-0.1, -0.05) is 56.0 Å². The molecule has 1 aliphatic carbocycles. The molecule has 1 aliphatic rings. The summed E-state index contributed by atoms with van der Waals surface area (Å²) in [6, 6.07) is 17.8. The van der Waals surface area contributed by atoms with Gasteiger partial charge >= 0.3 is 0 Å². The van der Waals surface area contributed by atoms with E-state index in [1.807, 2.05) is 45.0 Å². The zero-order valence-corrected chi connectivity index (χ0v) is 26.5. The Morgan fingerprint density at radius 2 is 1.66 bits per heavy atom. The number of ether oxygens (including phenoxy) is 1. The smallest absolute Gasteiger partial charge is 0.264 e. The van der Waals surface area contributed by atoms with Crippen molar-refractivity contribution in [1.29, 1.82) is 0 Å². The maximum absolute atomic E-state index is 14.3. The monoisotopic (exact) mass is 623 g/mol. The zero-order valence-electron chi connectivity index (χ0n) is 25.7. The topological polar surface area (TPSA) is 96.0 Å². The molecule has 8 nitrogen and oxygen atoms in total. The molecule has 1 N–H and O–H groups in total. The molecule has 4 rings (SSSR count). The average Bonchev–Trinajstić information content (AvgIpc) is 3.01.